The molecule has 0 aromatic carbocycles. The summed E-state index contributed by atoms with van der Waals surface area (Å²) in [4.78, 5) is 16.5. The number of hydrogen-bond donors (Lipinski definition) is 3. The predicted molar refractivity (Wildman–Crippen MR) is 120 cm³/mol. The highest BCUT2D eigenvalue weighted by atomic mass is 127. The second-order valence-corrected chi connectivity index (χ2v) is 10.2. The zero-order valence-electron chi connectivity index (χ0n) is 17.2. The molecule has 0 aliphatic carbocycles. The van der Waals surface area contributed by atoms with Crippen molar-refractivity contribution in [1.82, 2.24) is 16.0 Å². The standard InChI is InChI=1S/C17H34N4O4S.HI/c1-7-18-15(20-13-8-9-26(23,24)11-13)19-10-14(12(2)3)21-16(22)25-17(4,5)6;/h12-14H,7-11H2,1-6H3,(H,21,22)(H2,18,19,20);1H. The number of nitrogens with zero attached hydrogens (tertiary/aromatic N) is 1. The van der Waals surface area contributed by atoms with Gasteiger partial charge in [-0.25, -0.2) is 13.2 Å². The van der Waals surface area contributed by atoms with Crippen LogP contribution in [-0.4, -0.2) is 62.8 Å². The Labute approximate surface area is 180 Å². The van der Waals surface area contributed by atoms with E-state index in [-0.39, 0.29) is 53.5 Å². The van der Waals surface area contributed by atoms with E-state index >= 15 is 0 Å². The van der Waals surface area contributed by atoms with E-state index in [0.717, 1.165) is 0 Å². The van der Waals surface area contributed by atoms with Crippen molar-refractivity contribution in [3.63, 3.8) is 0 Å². The largest absolute Gasteiger partial charge is 0.444 e. The fraction of sp³-hybridized carbons (Fsp3) is 0.882. The van der Waals surface area contributed by atoms with Crippen molar-refractivity contribution in [3.8, 4) is 0 Å². The predicted octanol–water partition coefficient (Wildman–Crippen LogP) is 1.90. The summed E-state index contributed by atoms with van der Waals surface area (Å²) in [5, 5.41) is 9.15. The van der Waals surface area contributed by atoms with Gasteiger partial charge in [-0.05, 0) is 40.0 Å². The molecule has 0 radical (unpaired) electrons. The molecular weight excluding hydrogens is 483 g/mol. The monoisotopic (exact) mass is 518 g/mol. The van der Waals surface area contributed by atoms with E-state index in [1.165, 1.54) is 0 Å². The number of nitrogens with one attached hydrogen (secondary N) is 3. The smallest absolute Gasteiger partial charge is 0.407 e. The van der Waals surface area contributed by atoms with Gasteiger partial charge in [-0.3, -0.25) is 4.99 Å². The zero-order valence-corrected chi connectivity index (χ0v) is 20.3. The minimum Gasteiger partial charge on any atom is -0.444 e. The molecule has 0 aromatic rings. The van der Waals surface area contributed by atoms with E-state index in [4.69, 9.17) is 4.74 Å². The van der Waals surface area contributed by atoms with Gasteiger partial charge in [0.1, 0.15) is 5.60 Å². The molecule has 2 atom stereocenters. The maximum Gasteiger partial charge on any atom is 0.407 e. The topological polar surface area (TPSA) is 109 Å². The summed E-state index contributed by atoms with van der Waals surface area (Å²) in [5.41, 5.74) is -0.556. The van der Waals surface area contributed by atoms with Crippen LogP contribution in [0, 0.1) is 5.92 Å². The van der Waals surface area contributed by atoms with Gasteiger partial charge in [-0.1, -0.05) is 13.8 Å². The number of hydrogen-bond acceptors (Lipinski definition) is 5. The maximum atomic E-state index is 12.0. The highest BCUT2D eigenvalue weighted by Gasteiger charge is 2.28. The van der Waals surface area contributed by atoms with Crippen LogP contribution in [0.3, 0.4) is 0 Å². The molecule has 3 N–H and O–H groups in total. The fourth-order valence-corrected chi connectivity index (χ4v) is 4.17. The Bertz CT molecular complexity index is 603. The van der Waals surface area contributed by atoms with Crippen LogP contribution < -0.4 is 16.0 Å². The third kappa shape index (κ3) is 11.0. The quantitative estimate of drug-likeness (QED) is 0.282. The van der Waals surface area contributed by atoms with Crippen LogP contribution in [0.25, 0.3) is 0 Å². The van der Waals surface area contributed by atoms with E-state index in [2.05, 4.69) is 20.9 Å². The number of ether oxygens (including phenoxy) is 1. The average Bonchev–Trinajstić information content (AvgIpc) is 2.80. The normalized spacial score (nSPS) is 20.6. The van der Waals surface area contributed by atoms with Gasteiger partial charge in [0, 0.05) is 12.6 Å². The number of halogens is 1. The first-order chi connectivity index (χ1) is 11.9. The number of guanidine groups is 1. The van der Waals surface area contributed by atoms with Crippen LogP contribution in [0.1, 0.15) is 48.0 Å². The lowest BCUT2D eigenvalue weighted by atomic mass is 10.1. The number of aliphatic imine (C=N–C) groups is 1. The lowest BCUT2D eigenvalue weighted by Gasteiger charge is -2.25. The second kappa shape index (κ2) is 11.3. The van der Waals surface area contributed by atoms with Crippen LogP contribution in [0.4, 0.5) is 4.79 Å². The highest BCUT2D eigenvalue weighted by Crippen LogP contribution is 2.11. The first kappa shape index (κ1) is 26.2. The molecule has 1 aliphatic heterocycles. The number of carbonyl (C=O) groups excluding carboxylic acids is 1. The fourth-order valence-electron chi connectivity index (χ4n) is 2.49. The number of sulfone groups is 1. The van der Waals surface area contributed by atoms with E-state index in [1.807, 2.05) is 41.5 Å². The second-order valence-electron chi connectivity index (χ2n) is 7.96. The summed E-state index contributed by atoms with van der Waals surface area (Å²) in [5.74, 6) is 1.06. The Hall–Kier alpha value is -0.780. The van der Waals surface area contributed by atoms with E-state index in [9.17, 15) is 13.2 Å². The molecule has 8 nitrogen and oxygen atoms in total. The number of amides is 1. The van der Waals surface area contributed by atoms with Gasteiger partial charge in [0.2, 0.25) is 0 Å². The molecule has 1 rings (SSSR count). The molecule has 1 aliphatic rings. The SMILES string of the molecule is CCNC(=NCC(NC(=O)OC(C)(C)C)C(C)C)NC1CCS(=O)(=O)C1.I. The third-order valence-corrected chi connectivity index (χ3v) is 5.64. The van der Waals surface area contributed by atoms with Crippen molar-refractivity contribution < 1.29 is 17.9 Å². The van der Waals surface area contributed by atoms with Crippen LogP contribution in [0.15, 0.2) is 4.99 Å². The molecule has 10 heteroatoms. The van der Waals surface area contributed by atoms with Crippen LogP contribution in [-0.2, 0) is 14.6 Å². The zero-order chi connectivity index (χ0) is 20.0. The molecule has 0 spiro atoms. The molecule has 27 heavy (non-hydrogen) atoms. The van der Waals surface area contributed by atoms with Crippen LogP contribution in [0.2, 0.25) is 0 Å². The maximum absolute atomic E-state index is 12.0. The van der Waals surface area contributed by atoms with Crippen LogP contribution in [0.5, 0.6) is 0 Å². The van der Waals surface area contributed by atoms with Gasteiger partial charge >= 0.3 is 6.09 Å². The highest BCUT2D eigenvalue weighted by molar-refractivity contribution is 14.0. The van der Waals surface area contributed by atoms with Gasteiger partial charge in [0.15, 0.2) is 15.8 Å². The van der Waals surface area contributed by atoms with Gasteiger partial charge in [0.25, 0.3) is 0 Å². The lowest BCUT2D eigenvalue weighted by molar-refractivity contribution is 0.0493. The summed E-state index contributed by atoms with van der Waals surface area (Å²) in [6.45, 7) is 12.4. The van der Waals surface area contributed by atoms with Crippen molar-refractivity contribution in [1.29, 1.82) is 0 Å². The number of rotatable bonds is 6. The average molecular weight is 518 g/mol. The van der Waals surface area contributed by atoms with Crippen molar-refractivity contribution in [2.45, 2.75) is 65.6 Å². The van der Waals surface area contributed by atoms with Crippen LogP contribution >= 0.6 is 24.0 Å². The molecule has 0 bridgehead atoms. The Morgan fingerprint density at radius 2 is 1.93 bits per heavy atom. The minimum absolute atomic E-state index is 0. The molecular formula is C17H35IN4O4S. The summed E-state index contributed by atoms with van der Waals surface area (Å²) < 4.78 is 28.5. The Kier molecular flexibility index (Phi) is 11.0. The molecule has 1 fully saturated rings. The molecule has 0 aromatic heterocycles. The lowest BCUT2D eigenvalue weighted by Crippen LogP contribution is -2.46. The Morgan fingerprint density at radius 1 is 1.30 bits per heavy atom. The van der Waals surface area contributed by atoms with Crippen molar-refractivity contribution in [2.24, 2.45) is 10.9 Å². The molecule has 1 saturated heterocycles. The molecule has 0 saturated carbocycles. The van der Waals surface area contributed by atoms with Crippen molar-refractivity contribution in [3.05, 3.63) is 0 Å². The molecule has 1 amide bonds. The molecule has 2 unspecified atom stereocenters. The Balaban J connectivity index is 0.00000676. The third-order valence-electron chi connectivity index (χ3n) is 3.87. The van der Waals surface area contributed by atoms with Gasteiger partial charge < -0.3 is 20.7 Å². The van der Waals surface area contributed by atoms with Gasteiger partial charge in [0.05, 0.1) is 24.1 Å². The van der Waals surface area contributed by atoms with Gasteiger partial charge in [-0.2, -0.15) is 0 Å². The number of carbonyl (C=O) groups is 1. The number of alkyl carbamates (subject to hydrolysis) is 1. The van der Waals surface area contributed by atoms with Crippen molar-refractivity contribution >= 4 is 45.9 Å². The van der Waals surface area contributed by atoms with E-state index < -0.39 is 21.5 Å². The van der Waals surface area contributed by atoms with Crippen molar-refractivity contribution in [2.75, 3.05) is 24.6 Å². The Morgan fingerprint density at radius 3 is 2.37 bits per heavy atom. The van der Waals surface area contributed by atoms with Gasteiger partial charge in [-0.15, -0.1) is 24.0 Å². The summed E-state index contributed by atoms with van der Waals surface area (Å²) >= 11 is 0. The summed E-state index contributed by atoms with van der Waals surface area (Å²) in [6, 6.07) is -0.318. The first-order valence-corrected chi connectivity index (χ1v) is 11.0. The summed E-state index contributed by atoms with van der Waals surface area (Å²) in [6.07, 6.45) is 0.113. The summed E-state index contributed by atoms with van der Waals surface area (Å²) in [7, 11) is -2.95. The minimum atomic E-state index is -2.95. The first-order valence-electron chi connectivity index (χ1n) is 9.16. The molecule has 1 heterocycles. The van der Waals surface area contributed by atoms with E-state index in [1.54, 1.807) is 0 Å². The van der Waals surface area contributed by atoms with E-state index in [0.29, 0.717) is 25.5 Å². The molecule has 160 valence electrons.